The van der Waals surface area contributed by atoms with Gasteiger partial charge in [-0.2, -0.15) is 0 Å². The summed E-state index contributed by atoms with van der Waals surface area (Å²) in [5.74, 6) is 0.255. The molecule has 100 valence electrons. The summed E-state index contributed by atoms with van der Waals surface area (Å²) >= 11 is 0. The van der Waals surface area contributed by atoms with Crippen molar-refractivity contribution in [3.63, 3.8) is 0 Å². The summed E-state index contributed by atoms with van der Waals surface area (Å²) in [7, 11) is 3.85. The van der Waals surface area contributed by atoms with Gasteiger partial charge in [0.25, 0.3) is 0 Å². The van der Waals surface area contributed by atoms with Crippen LogP contribution >= 0.6 is 0 Å². The van der Waals surface area contributed by atoms with E-state index >= 15 is 0 Å². The summed E-state index contributed by atoms with van der Waals surface area (Å²) in [5.41, 5.74) is -0.0719. The number of likely N-dealkylation sites (N-methyl/N-ethyl adjacent to an activating group) is 1. The molecule has 0 saturated carbocycles. The maximum atomic E-state index is 12.4. The topological polar surface area (TPSA) is 35.6 Å². The molecule has 0 radical (unpaired) electrons. The third-order valence-corrected chi connectivity index (χ3v) is 3.82. The van der Waals surface area contributed by atoms with E-state index in [2.05, 4.69) is 37.9 Å². The van der Waals surface area contributed by atoms with Gasteiger partial charge in [0.15, 0.2) is 0 Å². The van der Waals surface area contributed by atoms with E-state index in [1.54, 1.807) is 0 Å². The van der Waals surface area contributed by atoms with Gasteiger partial charge in [0.2, 0.25) is 5.91 Å². The van der Waals surface area contributed by atoms with Crippen molar-refractivity contribution in [1.29, 1.82) is 0 Å². The number of carbonyl (C=O) groups is 1. The molecule has 1 aliphatic heterocycles. The zero-order valence-corrected chi connectivity index (χ0v) is 12.1. The normalized spacial score (nSPS) is 25.7. The van der Waals surface area contributed by atoms with Crippen molar-refractivity contribution in [1.82, 2.24) is 15.1 Å². The van der Waals surface area contributed by atoms with E-state index in [-0.39, 0.29) is 17.5 Å². The fraction of sp³-hybridized carbons (Fsp3) is 0.923. The van der Waals surface area contributed by atoms with E-state index in [0.29, 0.717) is 6.04 Å². The van der Waals surface area contributed by atoms with Crippen molar-refractivity contribution in [2.24, 2.45) is 0 Å². The zero-order valence-electron chi connectivity index (χ0n) is 12.1. The van der Waals surface area contributed by atoms with Crippen LogP contribution in [-0.4, -0.2) is 60.5 Å². The summed E-state index contributed by atoms with van der Waals surface area (Å²) in [6.07, 6.45) is 0.883. The number of hydrogen-bond acceptors (Lipinski definition) is 3. The summed E-state index contributed by atoms with van der Waals surface area (Å²) in [4.78, 5) is 16.7. The van der Waals surface area contributed by atoms with Crippen LogP contribution in [0, 0.1) is 0 Å². The van der Waals surface area contributed by atoms with Crippen LogP contribution in [-0.2, 0) is 4.79 Å². The van der Waals surface area contributed by atoms with Crippen LogP contribution in [0.5, 0.6) is 0 Å². The van der Waals surface area contributed by atoms with Crippen LogP contribution in [0.2, 0.25) is 0 Å². The molecule has 0 aromatic heterocycles. The lowest BCUT2D eigenvalue weighted by molar-refractivity contribution is -0.151. The predicted molar refractivity (Wildman–Crippen MR) is 71.0 cm³/mol. The number of amides is 1. The average molecular weight is 241 g/mol. The molecular formula is C13H27N3O. The molecule has 1 amide bonds. The highest BCUT2D eigenvalue weighted by atomic mass is 16.2. The molecule has 0 bridgehead atoms. The van der Waals surface area contributed by atoms with Gasteiger partial charge in [0.1, 0.15) is 0 Å². The molecule has 0 aromatic rings. The maximum absolute atomic E-state index is 12.4. The third kappa shape index (κ3) is 2.99. The second-order valence-electron chi connectivity index (χ2n) is 5.88. The van der Waals surface area contributed by atoms with Crippen LogP contribution in [0.3, 0.4) is 0 Å². The first-order valence-electron chi connectivity index (χ1n) is 6.49. The molecule has 1 rings (SSSR count). The molecule has 4 nitrogen and oxygen atoms in total. The van der Waals surface area contributed by atoms with E-state index in [1.807, 2.05) is 19.0 Å². The molecule has 0 aliphatic carbocycles. The first-order valence-corrected chi connectivity index (χ1v) is 6.49. The minimum absolute atomic E-state index is 0.0282. The molecule has 0 spiro atoms. The number of nitrogens with zero attached hydrogens (tertiary/aromatic N) is 2. The van der Waals surface area contributed by atoms with Crippen molar-refractivity contribution >= 4 is 5.91 Å². The lowest BCUT2D eigenvalue weighted by Crippen LogP contribution is -2.66. The molecule has 1 atom stereocenters. The fourth-order valence-electron chi connectivity index (χ4n) is 2.44. The third-order valence-electron chi connectivity index (χ3n) is 3.82. The van der Waals surface area contributed by atoms with Crippen LogP contribution < -0.4 is 5.32 Å². The highest BCUT2D eigenvalue weighted by Gasteiger charge is 2.43. The molecular weight excluding hydrogens is 214 g/mol. The quantitative estimate of drug-likeness (QED) is 0.795. The Morgan fingerprint density at radius 2 is 2.06 bits per heavy atom. The van der Waals surface area contributed by atoms with Gasteiger partial charge in [0, 0.05) is 25.2 Å². The van der Waals surface area contributed by atoms with E-state index in [1.165, 1.54) is 0 Å². The van der Waals surface area contributed by atoms with Crippen LogP contribution in [0.15, 0.2) is 0 Å². The number of nitrogens with one attached hydrogen (secondary N) is 1. The smallest absolute Gasteiger partial charge is 0.240 e. The Kier molecular flexibility index (Phi) is 4.55. The molecule has 17 heavy (non-hydrogen) atoms. The lowest BCUT2D eigenvalue weighted by Gasteiger charge is -2.50. The van der Waals surface area contributed by atoms with Crippen molar-refractivity contribution in [2.75, 3.05) is 27.2 Å². The Labute approximate surface area is 105 Å². The van der Waals surface area contributed by atoms with Gasteiger partial charge in [-0.1, -0.05) is 0 Å². The Balaban J connectivity index is 2.88. The largest absolute Gasteiger partial charge is 0.338 e. The first kappa shape index (κ1) is 14.5. The van der Waals surface area contributed by atoms with Gasteiger partial charge in [0.05, 0.1) is 6.04 Å². The Hall–Kier alpha value is -0.610. The summed E-state index contributed by atoms with van der Waals surface area (Å²) in [6.45, 7) is 10.4. The molecule has 1 unspecified atom stereocenters. The fourth-order valence-corrected chi connectivity index (χ4v) is 2.44. The Morgan fingerprint density at radius 1 is 1.47 bits per heavy atom. The van der Waals surface area contributed by atoms with Crippen LogP contribution in [0.25, 0.3) is 0 Å². The molecule has 4 heteroatoms. The van der Waals surface area contributed by atoms with Gasteiger partial charge in [-0.25, -0.2) is 0 Å². The van der Waals surface area contributed by atoms with Crippen molar-refractivity contribution in [3.8, 4) is 0 Å². The Morgan fingerprint density at radius 3 is 2.53 bits per heavy atom. The second-order valence-corrected chi connectivity index (χ2v) is 5.88. The maximum Gasteiger partial charge on any atom is 0.240 e. The number of rotatable bonds is 4. The van der Waals surface area contributed by atoms with Crippen molar-refractivity contribution in [3.05, 3.63) is 0 Å². The molecule has 0 aromatic carbocycles. The zero-order chi connectivity index (χ0) is 13.2. The van der Waals surface area contributed by atoms with Crippen LogP contribution in [0.4, 0.5) is 0 Å². The molecule has 1 heterocycles. The van der Waals surface area contributed by atoms with E-state index in [4.69, 9.17) is 0 Å². The van der Waals surface area contributed by atoms with Gasteiger partial charge in [-0.05, 0) is 47.7 Å². The minimum Gasteiger partial charge on any atom is -0.338 e. The van der Waals surface area contributed by atoms with Gasteiger partial charge in [-0.15, -0.1) is 0 Å². The second kappa shape index (κ2) is 5.36. The summed E-state index contributed by atoms with van der Waals surface area (Å²) < 4.78 is 0. The first-order chi connectivity index (χ1) is 7.81. The predicted octanol–water partition coefficient (Wildman–Crippen LogP) is 0.926. The highest BCUT2D eigenvalue weighted by molar-refractivity contribution is 5.83. The minimum atomic E-state index is -0.0719. The SMILES string of the molecule is CNCCC1C(=O)N(C)C(C)(C)CN1C(C)C. The summed E-state index contributed by atoms with van der Waals surface area (Å²) in [6, 6.07) is 0.439. The van der Waals surface area contributed by atoms with Crippen LogP contribution in [0.1, 0.15) is 34.1 Å². The van der Waals surface area contributed by atoms with E-state index in [9.17, 15) is 4.79 Å². The standard InChI is InChI=1S/C13H27N3O/c1-10(2)16-9-13(3,4)15(6)12(17)11(16)7-8-14-5/h10-11,14H,7-9H2,1-6H3. The number of piperazine rings is 1. The monoisotopic (exact) mass is 241 g/mol. The average Bonchev–Trinajstić information content (AvgIpc) is 2.24. The number of carbonyl (C=O) groups excluding carboxylic acids is 1. The van der Waals surface area contributed by atoms with Gasteiger partial charge >= 0.3 is 0 Å². The van der Waals surface area contributed by atoms with Crippen molar-refractivity contribution in [2.45, 2.75) is 51.7 Å². The van der Waals surface area contributed by atoms with Gasteiger partial charge in [-0.3, -0.25) is 9.69 Å². The molecule has 1 aliphatic rings. The molecule has 1 saturated heterocycles. The lowest BCUT2D eigenvalue weighted by atomic mass is 9.93. The summed E-state index contributed by atoms with van der Waals surface area (Å²) in [5, 5.41) is 3.13. The van der Waals surface area contributed by atoms with E-state index in [0.717, 1.165) is 19.5 Å². The molecule has 1 fully saturated rings. The van der Waals surface area contributed by atoms with E-state index < -0.39 is 0 Å². The Bertz CT molecular complexity index is 276. The molecule has 1 N–H and O–H groups in total. The van der Waals surface area contributed by atoms with Crippen molar-refractivity contribution < 1.29 is 4.79 Å². The number of hydrogen-bond donors (Lipinski definition) is 1. The highest BCUT2D eigenvalue weighted by Crippen LogP contribution is 2.26. The van der Waals surface area contributed by atoms with Gasteiger partial charge < -0.3 is 10.2 Å².